The smallest absolute Gasteiger partial charge is 0.291 e. The number of ether oxygens (including phenoxy) is 1. The van der Waals surface area contributed by atoms with Crippen LogP contribution in [0.25, 0.3) is 5.52 Å². The standard InChI is InChI=1S/C16H17N5O3/c1-3-14-19-21(16(23)12-5-4-8-20(12)14)10-15(22)18-11-6-7-17-9-13(11)24-2/h4-9H,3,10H2,1-2H3,(H,17,18,22). The van der Waals surface area contributed by atoms with E-state index in [1.54, 1.807) is 35.0 Å². The number of aromatic nitrogens is 4. The van der Waals surface area contributed by atoms with Crippen LogP contribution in [0, 0.1) is 0 Å². The summed E-state index contributed by atoms with van der Waals surface area (Å²) in [6.45, 7) is 1.76. The van der Waals surface area contributed by atoms with Crippen molar-refractivity contribution in [3.63, 3.8) is 0 Å². The SMILES string of the molecule is CCc1nn(CC(=O)Nc2ccncc2OC)c(=O)c2cccn12. The third-order valence-corrected chi connectivity index (χ3v) is 3.60. The van der Waals surface area contributed by atoms with Gasteiger partial charge in [-0.15, -0.1) is 0 Å². The Morgan fingerprint density at radius 3 is 2.96 bits per heavy atom. The second kappa shape index (κ2) is 6.53. The summed E-state index contributed by atoms with van der Waals surface area (Å²) in [4.78, 5) is 28.6. The highest BCUT2D eigenvalue weighted by atomic mass is 16.5. The van der Waals surface area contributed by atoms with Gasteiger partial charge in [-0.05, 0) is 18.2 Å². The molecule has 0 spiro atoms. The van der Waals surface area contributed by atoms with Crippen LogP contribution in [0.15, 0.2) is 41.6 Å². The summed E-state index contributed by atoms with van der Waals surface area (Å²) in [5.41, 5.74) is 0.676. The second-order valence-corrected chi connectivity index (χ2v) is 5.12. The molecule has 24 heavy (non-hydrogen) atoms. The van der Waals surface area contributed by atoms with Crippen molar-refractivity contribution in [3.8, 4) is 5.75 Å². The molecule has 0 bridgehead atoms. The summed E-state index contributed by atoms with van der Waals surface area (Å²) in [5.74, 6) is 0.790. The van der Waals surface area contributed by atoms with Gasteiger partial charge in [0.1, 0.15) is 17.9 Å². The Morgan fingerprint density at radius 1 is 1.38 bits per heavy atom. The Balaban J connectivity index is 1.88. The topological polar surface area (TPSA) is 90.5 Å². The molecule has 0 saturated carbocycles. The number of anilines is 1. The summed E-state index contributed by atoms with van der Waals surface area (Å²) in [7, 11) is 1.49. The summed E-state index contributed by atoms with van der Waals surface area (Å²) >= 11 is 0. The first-order chi connectivity index (χ1) is 11.6. The molecular weight excluding hydrogens is 310 g/mol. The van der Waals surface area contributed by atoms with Gasteiger partial charge in [0.25, 0.3) is 5.56 Å². The molecule has 0 aliphatic rings. The molecule has 0 aromatic carbocycles. The number of amides is 1. The number of pyridine rings is 1. The number of nitrogens with zero attached hydrogens (tertiary/aromatic N) is 4. The minimum Gasteiger partial charge on any atom is -0.493 e. The molecule has 0 aliphatic heterocycles. The summed E-state index contributed by atoms with van der Waals surface area (Å²) in [5, 5.41) is 6.98. The minimum atomic E-state index is -0.368. The van der Waals surface area contributed by atoms with E-state index in [-0.39, 0.29) is 18.0 Å². The molecule has 8 nitrogen and oxygen atoms in total. The normalized spacial score (nSPS) is 10.8. The zero-order valence-electron chi connectivity index (χ0n) is 13.4. The van der Waals surface area contributed by atoms with Gasteiger partial charge in [0.15, 0.2) is 5.75 Å². The van der Waals surface area contributed by atoms with Gasteiger partial charge in [0.05, 0.1) is 19.0 Å². The zero-order valence-corrected chi connectivity index (χ0v) is 13.4. The highest BCUT2D eigenvalue weighted by Gasteiger charge is 2.13. The molecule has 0 aliphatic carbocycles. The van der Waals surface area contributed by atoms with Gasteiger partial charge in [-0.25, -0.2) is 4.68 Å². The monoisotopic (exact) mass is 327 g/mol. The van der Waals surface area contributed by atoms with E-state index in [2.05, 4.69) is 15.4 Å². The summed E-state index contributed by atoms with van der Waals surface area (Å²) in [6, 6.07) is 5.12. The van der Waals surface area contributed by atoms with Crippen LogP contribution in [0.5, 0.6) is 5.75 Å². The highest BCUT2D eigenvalue weighted by Crippen LogP contribution is 2.21. The predicted molar refractivity (Wildman–Crippen MR) is 88.2 cm³/mol. The third kappa shape index (κ3) is 2.85. The van der Waals surface area contributed by atoms with Gasteiger partial charge >= 0.3 is 0 Å². The molecule has 0 saturated heterocycles. The molecule has 3 rings (SSSR count). The van der Waals surface area contributed by atoms with Gasteiger partial charge in [0, 0.05) is 18.8 Å². The number of hydrogen-bond acceptors (Lipinski definition) is 5. The van der Waals surface area contributed by atoms with Gasteiger partial charge in [-0.1, -0.05) is 6.92 Å². The fourth-order valence-electron chi connectivity index (χ4n) is 2.47. The van der Waals surface area contributed by atoms with Gasteiger partial charge in [-0.3, -0.25) is 19.0 Å². The quantitative estimate of drug-likeness (QED) is 0.758. The van der Waals surface area contributed by atoms with Crippen molar-refractivity contribution in [1.29, 1.82) is 0 Å². The van der Waals surface area contributed by atoms with Gasteiger partial charge in [0.2, 0.25) is 5.91 Å². The maximum absolute atomic E-state index is 12.4. The average molecular weight is 327 g/mol. The van der Waals surface area contributed by atoms with Crippen LogP contribution in [-0.4, -0.2) is 32.2 Å². The van der Waals surface area contributed by atoms with Crippen LogP contribution in [0.2, 0.25) is 0 Å². The van der Waals surface area contributed by atoms with E-state index in [1.165, 1.54) is 18.0 Å². The van der Waals surface area contributed by atoms with Crippen molar-refractivity contribution < 1.29 is 9.53 Å². The zero-order chi connectivity index (χ0) is 17.1. The van der Waals surface area contributed by atoms with E-state index in [0.29, 0.717) is 29.2 Å². The number of carbonyl (C=O) groups is 1. The Hall–Kier alpha value is -3.16. The first-order valence-electron chi connectivity index (χ1n) is 7.49. The lowest BCUT2D eigenvalue weighted by molar-refractivity contribution is -0.117. The first-order valence-corrected chi connectivity index (χ1v) is 7.49. The average Bonchev–Trinajstić information content (AvgIpc) is 3.08. The fraction of sp³-hybridized carbons (Fsp3) is 0.250. The second-order valence-electron chi connectivity index (χ2n) is 5.12. The Labute approximate surface area is 137 Å². The van der Waals surface area contributed by atoms with Crippen LogP contribution in [0.3, 0.4) is 0 Å². The number of fused-ring (bicyclic) bond motifs is 1. The summed E-state index contributed by atoms with van der Waals surface area (Å²) < 4.78 is 8.06. The van der Waals surface area contributed by atoms with Crippen LogP contribution in [0.1, 0.15) is 12.7 Å². The predicted octanol–water partition coefficient (Wildman–Crippen LogP) is 1.10. The lowest BCUT2D eigenvalue weighted by atomic mass is 10.3. The van der Waals surface area contributed by atoms with Crippen molar-refractivity contribution in [2.24, 2.45) is 0 Å². The summed E-state index contributed by atoms with van der Waals surface area (Å²) in [6.07, 6.45) is 5.48. The van der Waals surface area contributed by atoms with Crippen molar-refractivity contribution >= 4 is 17.1 Å². The molecule has 1 N–H and O–H groups in total. The molecule has 0 fully saturated rings. The van der Waals surface area contributed by atoms with Gasteiger partial charge in [-0.2, -0.15) is 5.10 Å². The van der Waals surface area contributed by atoms with Crippen LogP contribution < -0.4 is 15.6 Å². The van der Waals surface area contributed by atoms with Crippen LogP contribution >= 0.6 is 0 Å². The molecule has 3 aromatic heterocycles. The molecule has 8 heteroatoms. The van der Waals surface area contributed by atoms with E-state index in [4.69, 9.17) is 4.74 Å². The third-order valence-electron chi connectivity index (χ3n) is 3.60. The molecule has 3 heterocycles. The van der Waals surface area contributed by atoms with Gasteiger partial charge < -0.3 is 10.1 Å². The molecule has 1 amide bonds. The molecule has 124 valence electrons. The van der Waals surface area contributed by atoms with Crippen LogP contribution in [-0.2, 0) is 17.8 Å². The van der Waals surface area contributed by atoms with Crippen LogP contribution in [0.4, 0.5) is 5.69 Å². The maximum atomic E-state index is 12.4. The van der Waals surface area contributed by atoms with E-state index in [0.717, 1.165) is 0 Å². The largest absolute Gasteiger partial charge is 0.493 e. The number of hydrogen-bond donors (Lipinski definition) is 1. The number of aryl methyl sites for hydroxylation is 1. The fourth-order valence-corrected chi connectivity index (χ4v) is 2.47. The Kier molecular flexibility index (Phi) is 4.28. The highest BCUT2D eigenvalue weighted by molar-refractivity contribution is 5.91. The van der Waals surface area contributed by atoms with E-state index >= 15 is 0 Å². The van der Waals surface area contributed by atoms with E-state index in [1.807, 2.05) is 6.92 Å². The number of rotatable bonds is 5. The Morgan fingerprint density at radius 2 is 2.21 bits per heavy atom. The van der Waals surface area contributed by atoms with E-state index < -0.39 is 0 Å². The minimum absolute atomic E-state index is 0.182. The lowest BCUT2D eigenvalue weighted by Gasteiger charge is -2.11. The molecule has 0 unspecified atom stereocenters. The van der Waals surface area contributed by atoms with E-state index in [9.17, 15) is 9.59 Å². The first kappa shape index (κ1) is 15.7. The van der Waals surface area contributed by atoms with Crippen molar-refractivity contribution in [2.45, 2.75) is 19.9 Å². The molecular formula is C16H17N5O3. The molecule has 0 radical (unpaired) electrons. The molecule has 0 atom stereocenters. The molecule has 3 aromatic rings. The number of nitrogens with one attached hydrogen (secondary N) is 1. The lowest BCUT2D eigenvalue weighted by Crippen LogP contribution is -2.32. The van der Waals surface area contributed by atoms with Crippen molar-refractivity contribution in [1.82, 2.24) is 19.2 Å². The van der Waals surface area contributed by atoms with Crippen molar-refractivity contribution in [2.75, 3.05) is 12.4 Å². The maximum Gasteiger partial charge on any atom is 0.291 e. The Bertz CT molecular complexity index is 944. The number of methoxy groups -OCH3 is 1. The number of carbonyl (C=O) groups excluding carboxylic acids is 1. The van der Waals surface area contributed by atoms with Crippen molar-refractivity contribution in [3.05, 3.63) is 53.0 Å².